The van der Waals surface area contributed by atoms with Gasteiger partial charge in [0.25, 0.3) is 5.91 Å². The van der Waals surface area contributed by atoms with Gasteiger partial charge in [-0.1, -0.05) is 17.3 Å². The Morgan fingerprint density at radius 3 is 2.61 bits per heavy atom. The fraction of sp³-hybridized carbons (Fsp3) is 0.500. The number of rotatable bonds is 7. The molecule has 1 fully saturated rings. The molecule has 0 spiro atoms. The van der Waals surface area contributed by atoms with Gasteiger partial charge in [0.2, 0.25) is 5.91 Å². The second kappa shape index (κ2) is 11.1. The average Bonchev–Trinajstić information content (AvgIpc) is 3.35. The van der Waals surface area contributed by atoms with Crippen LogP contribution in [0.5, 0.6) is 0 Å². The Morgan fingerprint density at radius 2 is 1.92 bits per heavy atom. The number of hydrogen-bond acceptors (Lipinski definition) is 7. The maximum absolute atomic E-state index is 13.5. The molecule has 2 heterocycles. The molecule has 3 N–H and O–H groups in total. The van der Waals surface area contributed by atoms with E-state index in [1.165, 1.54) is 13.0 Å². The Hall–Kier alpha value is -3.40. The third kappa shape index (κ3) is 6.23. The highest BCUT2D eigenvalue weighted by molar-refractivity contribution is 6.01. The van der Waals surface area contributed by atoms with E-state index in [-0.39, 0.29) is 42.0 Å². The van der Waals surface area contributed by atoms with Crippen molar-refractivity contribution < 1.29 is 23.9 Å². The van der Waals surface area contributed by atoms with Gasteiger partial charge in [-0.25, -0.2) is 14.4 Å². The molecule has 192 valence electrons. The van der Waals surface area contributed by atoms with Crippen LogP contribution in [0.4, 0.5) is 4.39 Å². The number of aliphatic hydroxyl groups excluding tert-OH is 1. The summed E-state index contributed by atoms with van der Waals surface area (Å²) in [5.74, 6) is -0.216. The van der Waals surface area contributed by atoms with E-state index in [4.69, 9.17) is 4.84 Å². The summed E-state index contributed by atoms with van der Waals surface area (Å²) in [6.45, 7) is 5.12. The number of carbonyl (C=O) groups excluding carboxylic acids is 2. The molecule has 9 nitrogen and oxygen atoms in total. The number of aliphatic hydroxyl groups is 1. The minimum atomic E-state index is -1.01. The Labute approximate surface area is 209 Å². The number of halogens is 1. The maximum atomic E-state index is 13.5. The van der Waals surface area contributed by atoms with Crippen molar-refractivity contribution in [1.29, 1.82) is 0 Å². The van der Waals surface area contributed by atoms with Crippen molar-refractivity contribution >= 4 is 17.5 Å². The average molecular weight is 498 g/mol. The molecule has 2 aromatic rings. The zero-order valence-corrected chi connectivity index (χ0v) is 20.8. The van der Waals surface area contributed by atoms with Crippen LogP contribution in [0.3, 0.4) is 0 Å². The summed E-state index contributed by atoms with van der Waals surface area (Å²) < 4.78 is 13.5. The van der Waals surface area contributed by atoms with E-state index in [1.54, 1.807) is 32.0 Å². The molecule has 1 aromatic heterocycles. The van der Waals surface area contributed by atoms with Crippen LogP contribution in [0.15, 0.2) is 29.4 Å². The monoisotopic (exact) mass is 497 g/mol. The molecule has 1 aromatic carbocycles. The molecular formula is C26H32FN5O4. The van der Waals surface area contributed by atoms with Crippen LogP contribution in [0, 0.1) is 25.6 Å². The topological polar surface area (TPSA) is 126 Å². The van der Waals surface area contributed by atoms with Crippen LogP contribution in [-0.4, -0.2) is 50.9 Å². The molecule has 0 radical (unpaired) electrons. The van der Waals surface area contributed by atoms with Crippen LogP contribution < -0.4 is 10.6 Å². The third-order valence-electron chi connectivity index (χ3n) is 6.76. The van der Waals surface area contributed by atoms with Gasteiger partial charge < -0.3 is 20.6 Å². The minimum Gasteiger partial charge on any atom is -0.391 e. The first-order valence-electron chi connectivity index (χ1n) is 12.3. The Kier molecular flexibility index (Phi) is 7.93. The van der Waals surface area contributed by atoms with E-state index in [2.05, 4.69) is 25.8 Å². The summed E-state index contributed by atoms with van der Waals surface area (Å²) in [7, 11) is 0. The van der Waals surface area contributed by atoms with E-state index in [0.29, 0.717) is 35.1 Å². The van der Waals surface area contributed by atoms with E-state index < -0.39 is 6.10 Å². The second-order valence-corrected chi connectivity index (χ2v) is 9.63. The van der Waals surface area contributed by atoms with Crippen LogP contribution in [0.1, 0.15) is 72.2 Å². The van der Waals surface area contributed by atoms with E-state index in [1.807, 2.05) is 0 Å². The number of aromatic nitrogens is 2. The van der Waals surface area contributed by atoms with Gasteiger partial charge in [-0.05, 0) is 75.6 Å². The highest BCUT2D eigenvalue weighted by Gasteiger charge is 2.34. The predicted octanol–water partition coefficient (Wildman–Crippen LogP) is 2.71. The molecule has 2 atom stereocenters. The van der Waals surface area contributed by atoms with Crippen molar-refractivity contribution in [3.63, 3.8) is 0 Å². The molecule has 4 rings (SSSR count). The largest absolute Gasteiger partial charge is 0.391 e. The molecule has 2 amide bonds. The Morgan fingerprint density at radius 1 is 1.17 bits per heavy atom. The van der Waals surface area contributed by atoms with Crippen LogP contribution in [0.2, 0.25) is 0 Å². The number of oxime groups is 1. The molecule has 36 heavy (non-hydrogen) atoms. The van der Waals surface area contributed by atoms with Gasteiger partial charge in [-0.2, -0.15) is 0 Å². The van der Waals surface area contributed by atoms with Crippen molar-refractivity contribution in [2.45, 2.75) is 77.7 Å². The first-order valence-corrected chi connectivity index (χ1v) is 12.3. The summed E-state index contributed by atoms with van der Waals surface area (Å²) >= 11 is 0. The molecule has 10 heteroatoms. The predicted molar refractivity (Wildman–Crippen MR) is 131 cm³/mol. The number of amides is 2. The lowest BCUT2D eigenvalue weighted by atomic mass is 9.81. The quantitative estimate of drug-likeness (QED) is 0.540. The summed E-state index contributed by atoms with van der Waals surface area (Å²) in [5, 5.41) is 19.4. The number of benzene rings is 1. The molecule has 0 saturated heterocycles. The van der Waals surface area contributed by atoms with Crippen molar-refractivity contribution in [2.75, 3.05) is 0 Å². The molecular weight excluding hydrogens is 465 g/mol. The van der Waals surface area contributed by atoms with Crippen molar-refractivity contribution in [2.24, 2.45) is 11.1 Å². The normalized spacial score (nSPS) is 22.4. The molecule has 1 unspecified atom stereocenters. The first-order chi connectivity index (χ1) is 17.2. The minimum absolute atomic E-state index is 0.0644. The third-order valence-corrected chi connectivity index (χ3v) is 6.76. The summed E-state index contributed by atoms with van der Waals surface area (Å²) in [4.78, 5) is 39.0. The number of aryl methyl sites for hydroxylation is 2. The summed E-state index contributed by atoms with van der Waals surface area (Å²) in [6.07, 6.45) is 2.91. The van der Waals surface area contributed by atoms with Gasteiger partial charge in [0.1, 0.15) is 35.3 Å². The van der Waals surface area contributed by atoms with Gasteiger partial charge in [0.05, 0.1) is 5.69 Å². The summed E-state index contributed by atoms with van der Waals surface area (Å²) in [5.41, 5.74) is 2.79. The second-order valence-electron chi connectivity index (χ2n) is 9.63. The molecule has 0 bridgehead atoms. The molecule has 2 aliphatic rings. The highest BCUT2D eigenvalue weighted by atomic mass is 19.1. The Bertz CT molecular complexity index is 1160. The molecule has 1 saturated carbocycles. The first kappa shape index (κ1) is 25.7. The van der Waals surface area contributed by atoms with Crippen molar-refractivity contribution in [3.8, 4) is 0 Å². The van der Waals surface area contributed by atoms with Gasteiger partial charge in [0.15, 0.2) is 0 Å². The lowest BCUT2D eigenvalue weighted by Gasteiger charge is -2.31. The number of carbonyl (C=O) groups is 2. The fourth-order valence-electron chi connectivity index (χ4n) is 4.68. The highest BCUT2D eigenvalue weighted by Crippen LogP contribution is 2.33. The van der Waals surface area contributed by atoms with Gasteiger partial charge >= 0.3 is 0 Å². The zero-order chi connectivity index (χ0) is 25.8. The van der Waals surface area contributed by atoms with Crippen LogP contribution in [-0.2, 0) is 16.2 Å². The van der Waals surface area contributed by atoms with Gasteiger partial charge in [0, 0.05) is 19.0 Å². The van der Waals surface area contributed by atoms with Gasteiger partial charge in [-0.3, -0.25) is 9.59 Å². The van der Waals surface area contributed by atoms with E-state index >= 15 is 0 Å². The molecule has 1 aliphatic carbocycles. The standard InChI is InChI=1S/C26H32FN5O4/c1-14-10-17(4-9-20(14)27)13-28-26(35)23-11-21(29-16(3)30-23)22-12-24(36-32-22)18-5-7-19(8-6-18)31-25(34)15(2)33/h4,9-11,15,18-19,24,33H,5-8,12-13H2,1-3H3,(H,28,35)(H,31,34)/t15-,18-,19-,24?/m0/s1. The van der Waals surface area contributed by atoms with Crippen molar-refractivity contribution in [3.05, 3.63) is 58.4 Å². The zero-order valence-electron chi connectivity index (χ0n) is 20.8. The van der Waals surface area contributed by atoms with E-state index in [9.17, 15) is 19.1 Å². The van der Waals surface area contributed by atoms with Crippen LogP contribution in [0.25, 0.3) is 0 Å². The smallest absolute Gasteiger partial charge is 0.270 e. The lowest BCUT2D eigenvalue weighted by Crippen LogP contribution is -2.43. The lowest BCUT2D eigenvalue weighted by molar-refractivity contribution is -0.129. The number of nitrogens with zero attached hydrogens (tertiary/aromatic N) is 3. The Balaban J connectivity index is 1.33. The molecule has 1 aliphatic heterocycles. The van der Waals surface area contributed by atoms with E-state index in [0.717, 1.165) is 31.2 Å². The van der Waals surface area contributed by atoms with Crippen molar-refractivity contribution in [1.82, 2.24) is 20.6 Å². The van der Waals surface area contributed by atoms with Crippen LogP contribution >= 0.6 is 0 Å². The fourth-order valence-corrected chi connectivity index (χ4v) is 4.68. The number of hydrogen-bond donors (Lipinski definition) is 3. The van der Waals surface area contributed by atoms with Gasteiger partial charge in [-0.15, -0.1) is 0 Å². The number of nitrogens with one attached hydrogen (secondary N) is 2. The maximum Gasteiger partial charge on any atom is 0.270 e. The summed E-state index contributed by atoms with van der Waals surface area (Å²) in [6, 6.07) is 6.40. The SMILES string of the molecule is Cc1nc(C(=O)NCc2ccc(F)c(C)c2)cc(C2=NOC([C@H]3CC[C@H](NC(=O)[C@H](C)O)CC3)C2)n1.